The second kappa shape index (κ2) is 7.77. The summed E-state index contributed by atoms with van der Waals surface area (Å²) in [5.41, 5.74) is 7.99. The molecule has 0 unspecified atom stereocenters. The molecule has 0 atom stereocenters. The number of amides is 1. The van der Waals surface area contributed by atoms with Crippen molar-refractivity contribution >= 4 is 11.7 Å². The number of carbonyl (C=O) groups excluding carboxylic acids is 1. The zero-order valence-corrected chi connectivity index (χ0v) is 15.7. The average molecular weight is 378 g/mol. The van der Waals surface area contributed by atoms with Gasteiger partial charge in [0.15, 0.2) is 5.82 Å². The molecular weight excluding hydrogens is 356 g/mol. The summed E-state index contributed by atoms with van der Waals surface area (Å²) in [4.78, 5) is 24.9. The lowest BCUT2D eigenvalue weighted by atomic mass is 10.1. The Hall–Kier alpha value is -3.26. The summed E-state index contributed by atoms with van der Waals surface area (Å²) in [6, 6.07) is 11.4. The van der Waals surface area contributed by atoms with Gasteiger partial charge in [0, 0.05) is 37.9 Å². The molecule has 3 aromatic rings. The maximum Gasteiger partial charge on any atom is 0.258 e. The van der Waals surface area contributed by atoms with E-state index in [9.17, 15) is 4.79 Å². The Labute approximate surface area is 163 Å². The van der Waals surface area contributed by atoms with Crippen molar-refractivity contribution in [2.24, 2.45) is 5.73 Å². The normalized spacial score (nSPS) is 15.0. The Morgan fingerprint density at radius 1 is 1.14 bits per heavy atom. The van der Waals surface area contributed by atoms with E-state index in [4.69, 9.17) is 10.3 Å². The van der Waals surface area contributed by atoms with Gasteiger partial charge in [-0.25, -0.2) is 4.98 Å². The molecule has 0 spiro atoms. The minimum absolute atomic E-state index is 0.456. The van der Waals surface area contributed by atoms with Crippen molar-refractivity contribution in [1.29, 1.82) is 0 Å². The van der Waals surface area contributed by atoms with Crippen molar-refractivity contribution in [3.8, 4) is 11.5 Å². The number of nitrogens with zero attached hydrogens (tertiary/aromatic N) is 5. The maximum absolute atomic E-state index is 11.6. The van der Waals surface area contributed by atoms with Crippen molar-refractivity contribution in [3.63, 3.8) is 0 Å². The molecule has 0 aliphatic carbocycles. The van der Waals surface area contributed by atoms with Crippen LogP contribution >= 0.6 is 0 Å². The number of hydrogen-bond acceptors (Lipinski definition) is 7. The van der Waals surface area contributed by atoms with Crippen LogP contribution in [0.1, 0.15) is 21.7 Å². The number of aryl methyl sites for hydroxylation is 1. The monoisotopic (exact) mass is 378 g/mol. The second-order valence-corrected chi connectivity index (χ2v) is 6.83. The fourth-order valence-corrected chi connectivity index (χ4v) is 3.40. The minimum atomic E-state index is -0.457. The zero-order chi connectivity index (χ0) is 19.5. The van der Waals surface area contributed by atoms with Crippen molar-refractivity contribution in [1.82, 2.24) is 20.0 Å². The molecule has 1 aliphatic heterocycles. The first kappa shape index (κ1) is 18.1. The summed E-state index contributed by atoms with van der Waals surface area (Å²) in [6.45, 7) is 5.76. The maximum atomic E-state index is 11.6. The number of anilines is 1. The van der Waals surface area contributed by atoms with Gasteiger partial charge in [-0.15, -0.1) is 0 Å². The Kier molecular flexibility index (Phi) is 5.03. The molecule has 2 N–H and O–H groups in total. The minimum Gasteiger partial charge on any atom is -0.365 e. The summed E-state index contributed by atoms with van der Waals surface area (Å²) >= 11 is 0. The number of hydrogen-bond donors (Lipinski definition) is 1. The van der Waals surface area contributed by atoms with E-state index < -0.39 is 5.91 Å². The van der Waals surface area contributed by atoms with E-state index in [2.05, 4.69) is 24.9 Å². The quantitative estimate of drug-likeness (QED) is 0.723. The van der Waals surface area contributed by atoms with Gasteiger partial charge in [-0.05, 0) is 30.7 Å². The molecule has 2 aromatic heterocycles. The predicted octanol–water partition coefficient (Wildman–Crippen LogP) is 1.86. The Bertz CT molecular complexity index is 978. The smallest absolute Gasteiger partial charge is 0.258 e. The molecule has 1 saturated heterocycles. The lowest BCUT2D eigenvalue weighted by molar-refractivity contribution is 0.1000. The first-order valence-electron chi connectivity index (χ1n) is 9.22. The van der Waals surface area contributed by atoms with Gasteiger partial charge in [0.25, 0.3) is 11.8 Å². The summed E-state index contributed by atoms with van der Waals surface area (Å²) in [5.74, 6) is 1.41. The fraction of sp³-hybridized carbons (Fsp3) is 0.300. The molecule has 0 radical (unpaired) electrons. The average Bonchev–Trinajstić information content (AvgIpc) is 3.17. The Balaban J connectivity index is 1.39. The molecule has 1 aromatic carbocycles. The van der Waals surface area contributed by atoms with E-state index in [0.717, 1.165) is 37.3 Å². The predicted molar refractivity (Wildman–Crippen MR) is 105 cm³/mol. The summed E-state index contributed by atoms with van der Waals surface area (Å²) < 4.78 is 5.45. The largest absolute Gasteiger partial charge is 0.365 e. The molecule has 8 nitrogen and oxygen atoms in total. The van der Waals surface area contributed by atoms with Crippen molar-refractivity contribution in [2.45, 2.75) is 13.5 Å². The molecule has 144 valence electrons. The van der Waals surface area contributed by atoms with Crippen LogP contribution in [0, 0.1) is 6.92 Å². The SMILES string of the molecule is Cc1ccccc1-c1nc(CN2CCN(c3ncccc3C(N)=O)CC2)no1. The third-order valence-electron chi connectivity index (χ3n) is 4.93. The van der Waals surface area contributed by atoms with Crippen molar-refractivity contribution in [2.75, 3.05) is 31.1 Å². The number of primary amides is 1. The lowest BCUT2D eigenvalue weighted by Gasteiger charge is -2.35. The number of pyridine rings is 1. The number of piperazine rings is 1. The lowest BCUT2D eigenvalue weighted by Crippen LogP contribution is -2.47. The molecule has 4 rings (SSSR count). The first-order chi connectivity index (χ1) is 13.6. The third kappa shape index (κ3) is 3.72. The van der Waals surface area contributed by atoms with Crippen LogP contribution in [-0.2, 0) is 6.54 Å². The standard InChI is InChI=1S/C20H22N6O2/c1-14-5-2-3-6-15(14)20-23-17(24-28-20)13-25-9-11-26(12-10-25)19-16(18(21)27)7-4-8-22-19/h2-8H,9-13H2,1H3,(H2,21,27). The van der Waals surface area contributed by atoms with E-state index in [1.54, 1.807) is 18.3 Å². The number of benzene rings is 1. The Morgan fingerprint density at radius 3 is 2.68 bits per heavy atom. The molecule has 3 heterocycles. The van der Waals surface area contributed by atoms with Crippen LogP contribution in [0.3, 0.4) is 0 Å². The van der Waals surface area contributed by atoms with Crippen LogP contribution in [0.15, 0.2) is 47.1 Å². The molecular formula is C20H22N6O2. The summed E-state index contributed by atoms with van der Waals surface area (Å²) in [6.07, 6.45) is 1.68. The first-order valence-corrected chi connectivity index (χ1v) is 9.22. The van der Waals surface area contributed by atoms with Gasteiger partial charge < -0.3 is 15.2 Å². The van der Waals surface area contributed by atoms with Crippen molar-refractivity contribution < 1.29 is 9.32 Å². The van der Waals surface area contributed by atoms with Gasteiger partial charge in [0.05, 0.1) is 12.1 Å². The molecule has 0 saturated carbocycles. The molecule has 0 bridgehead atoms. The molecule has 1 fully saturated rings. The highest BCUT2D eigenvalue weighted by atomic mass is 16.5. The van der Waals surface area contributed by atoms with Crippen LogP contribution in [0.2, 0.25) is 0 Å². The zero-order valence-electron chi connectivity index (χ0n) is 15.7. The number of aromatic nitrogens is 3. The number of nitrogens with two attached hydrogens (primary N) is 1. The topological polar surface area (TPSA) is 101 Å². The summed E-state index contributed by atoms with van der Waals surface area (Å²) in [5, 5.41) is 4.13. The molecule has 1 amide bonds. The number of rotatable bonds is 5. The second-order valence-electron chi connectivity index (χ2n) is 6.83. The van der Waals surface area contributed by atoms with Crippen LogP contribution in [0.4, 0.5) is 5.82 Å². The Morgan fingerprint density at radius 2 is 1.93 bits per heavy atom. The highest BCUT2D eigenvalue weighted by molar-refractivity contribution is 5.97. The molecule has 8 heteroatoms. The third-order valence-corrected chi connectivity index (χ3v) is 4.93. The van der Waals surface area contributed by atoms with Gasteiger partial charge >= 0.3 is 0 Å². The van der Waals surface area contributed by atoms with E-state index in [1.807, 2.05) is 31.2 Å². The highest BCUT2D eigenvalue weighted by Gasteiger charge is 2.23. The van der Waals surface area contributed by atoms with E-state index in [0.29, 0.717) is 29.6 Å². The highest BCUT2D eigenvalue weighted by Crippen LogP contribution is 2.22. The van der Waals surface area contributed by atoms with E-state index in [1.165, 1.54) is 0 Å². The molecule has 1 aliphatic rings. The summed E-state index contributed by atoms with van der Waals surface area (Å²) in [7, 11) is 0. The fourth-order valence-electron chi connectivity index (χ4n) is 3.40. The van der Waals surface area contributed by atoms with Crippen molar-refractivity contribution in [3.05, 3.63) is 59.5 Å². The number of carbonyl (C=O) groups is 1. The van der Waals surface area contributed by atoms with Gasteiger partial charge in [0.1, 0.15) is 5.82 Å². The van der Waals surface area contributed by atoms with E-state index in [-0.39, 0.29) is 0 Å². The van der Waals surface area contributed by atoms with Crippen LogP contribution in [0.5, 0.6) is 0 Å². The van der Waals surface area contributed by atoms with E-state index >= 15 is 0 Å². The van der Waals surface area contributed by atoms with Crippen LogP contribution in [0.25, 0.3) is 11.5 Å². The van der Waals surface area contributed by atoms with Crippen LogP contribution < -0.4 is 10.6 Å². The van der Waals surface area contributed by atoms with Gasteiger partial charge in [-0.2, -0.15) is 4.98 Å². The van der Waals surface area contributed by atoms with Gasteiger partial charge in [-0.3, -0.25) is 9.69 Å². The van der Waals surface area contributed by atoms with Gasteiger partial charge in [0.2, 0.25) is 0 Å². The van der Waals surface area contributed by atoms with Gasteiger partial charge in [-0.1, -0.05) is 23.4 Å². The molecule has 28 heavy (non-hydrogen) atoms. The van der Waals surface area contributed by atoms with Crippen LogP contribution in [-0.4, -0.2) is 52.1 Å².